The van der Waals surface area contributed by atoms with E-state index in [1.54, 1.807) is 12.4 Å². The Bertz CT molecular complexity index is 484. The van der Waals surface area contributed by atoms with Gasteiger partial charge in [-0.05, 0) is 36.8 Å². The molecule has 0 aromatic carbocycles. The summed E-state index contributed by atoms with van der Waals surface area (Å²) >= 11 is 0. The minimum Gasteiger partial charge on any atom is -0.350 e. The van der Waals surface area contributed by atoms with E-state index < -0.39 is 6.04 Å². The summed E-state index contributed by atoms with van der Waals surface area (Å²) in [6.45, 7) is 4.52. The summed E-state index contributed by atoms with van der Waals surface area (Å²) in [6.07, 6.45) is 5.95. The van der Waals surface area contributed by atoms with E-state index in [1.807, 2.05) is 26.0 Å². The Morgan fingerprint density at radius 2 is 2.14 bits per heavy atom. The molecule has 1 aromatic rings. The van der Waals surface area contributed by atoms with Crippen molar-refractivity contribution in [2.45, 2.75) is 45.7 Å². The Morgan fingerprint density at radius 3 is 2.71 bits per heavy atom. The zero-order chi connectivity index (χ0) is 15.2. The maximum atomic E-state index is 12.3. The summed E-state index contributed by atoms with van der Waals surface area (Å²) in [5.74, 6) is 0.350. The molecule has 0 aliphatic heterocycles. The summed E-state index contributed by atoms with van der Waals surface area (Å²) in [4.78, 5) is 28.2. The highest BCUT2D eigenvalue weighted by atomic mass is 16.2. The van der Waals surface area contributed by atoms with Gasteiger partial charge in [-0.1, -0.05) is 19.9 Å². The Morgan fingerprint density at radius 1 is 1.38 bits per heavy atom. The number of nitrogens with one attached hydrogen (secondary N) is 2. The van der Waals surface area contributed by atoms with Crippen molar-refractivity contribution in [2.75, 3.05) is 0 Å². The second-order valence-electron chi connectivity index (χ2n) is 6.04. The molecule has 1 atom stereocenters. The number of aromatic nitrogens is 1. The van der Waals surface area contributed by atoms with Crippen molar-refractivity contribution < 1.29 is 9.59 Å². The smallest absolute Gasteiger partial charge is 0.242 e. The number of hydrogen-bond donors (Lipinski definition) is 2. The molecule has 2 N–H and O–H groups in total. The van der Waals surface area contributed by atoms with Crippen LogP contribution in [0, 0.1) is 11.8 Å². The first-order valence-corrected chi connectivity index (χ1v) is 7.53. The van der Waals surface area contributed by atoms with Gasteiger partial charge in [0.25, 0.3) is 0 Å². The Balaban J connectivity index is 1.88. The lowest BCUT2D eigenvalue weighted by Gasteiger charge is -2.20. The zero-order valence-corrected chi connectivity index (χ0v) is 12.6. The van der Waals surface area contributed by atoms with Crippen LogP contribution < -0.4 is 10.6 Å². The highest BCUT2D eigenvalue weighted by Crippen LogP contribution is 2.29. The van der Waals surface area contributed by atoms with Gasteiger partial charge in [0.2, 0.25) is 11.8 Å². The van der Waals surface area contributed by atoms with Crippen LogP contribution in [0.1, 0.15) is 38.7 Å². The Labute approximate surface area is 125 Å². The molecule has 2 amide bonds. The van der Waals surface area contributed by atoms with E-state index in [9.17, 15) is 9.59 Å². The van der Waals surface area contributed by atoms with Gasteiger partial charge in [-0.3, -0.25) is 14.6 Å². The van der Waals surface area contributed by atoms with Gasteiger partial charge in [-0.2, -0.15) is 0 Å². The van der Waals surface area contributed by atoms with Crippen LogP contribution in [0.3, 0.4) is 0 Å². The zero-order valence-electron chi connectivity index (χ0n) is 12.6. The summed E-state index contributed by atoms with van der Waals surface area (Å²) in [5, 5.41) is 5.76. The van der Waals surface area contributed by atoms with Crippen LogP contribution in [0.5, 0.6) is 0 Å². The standard InChI is InChI=1S/C16H23N3O2/c1-11(2)8-14(19-15(20)13-5-6-13)16(21)18-10-12-4-3-7-17-9-12/h3-4,7,9,11,13-14H,5-6,8,10H2,1-2H3,(H,18,21)(H,19,20)/t14-/m0/s1. The second-order valence-corrected chi connectivity index (χ2v) is 6.04. The summed E-state index contributed by atoms with van der Waals surface area (Å²) < 4.78 is 0. The highest BCUT2D eigenvalue weighted by Gasteiger charge is 2.32. The van der Waals surface area contributed by atoms with Crippen LogP contribution in [0.15, 0.2) is 24.5 Å². The molecule has 21 heavy (non-hydrogen) atoms. The largest absolute Gasteiger partial charge is 0.350 e. The number of hydrogen-bond acceptors (Lipinski definition) is 3. The number of carbonyl (C=O) groups is 2. The molecule has 5 nitrogen and oxygen atoms in total. The lowest BCUT2D eigenvalue weighted by molar-refractivity contribution is -0.130. The average molecular weight is 289 g/mol. The maximum absolute atomic E-state index is 12.3. The van der Waals surface area contributed by atoms with E-state index in [0.717, 1.165) is 18.4 Å². The van der Waals surface area contributed by atoms with Crippen LogP contribution in [-0.4, -0.2) is 22.8 Å². The van der Waals surface area contributed by atoms with Crippen LogP contribution in [0.4, 0.5) is 0 Å². The van der Waals surface area contributed by atoms with Crippen molar-refractivity contribution in [1.82, 2.24) is 15.6 Å². The fourth-order valence-electron chi connectivity index (χ4n) is 2.15. The van der Waals surface area contributed by atoms with Crippen LogP contribution >= 0.6 is 0 Å². The minimum absolute atomic E-state index is 0.0113. The Hall–Kier alpha value is -1.91. The second kappa shape index (κ2) is 7.20. The highest BCUT2D eigenvalue weighted by molar-refractivity contribution is 5.89. The topological polar surface area (TPSA) is 71.1 Å². The monoisotopic (exact) mass is 289 g/mol. The molecule has 0 spiro atoms. The van der Waals surface area contributed by atoms with E-state index in [0.29, 0.717) is 18.9 Å². The molecule has 1 aliphatic rings. The summed E-state index contributed by atoms with van der Waals surface area (Å²) in [7, 11) is 0. The first kappa shape index (κ1) is 15.5. The average Bonchev–Trinajstić information content (AvgIpc) is 3.29. The van der Waals surface area contributed by atoms with Gasteiger partial charge in [-0.25, -0.2) is 0 Å². The number of pyridine rings is 1. The molecule has 1 aromatic heterocycles. The summed E-state index contributed by atoms with van der Waals surface area (Å²) in [6, 6.07) is 3.30. The van der Waals surface area contributed by atoms with Gasteiger partial charge >= 0.3 is 0 Å². The molecule has 1 heterocycles. The van der Waals surface area contributed by atoms with Gasteiger partial charge in [0, 0.05) is 24.9 Å². The van der Waals surface area contributed by atoms with Gasteiger partial charge in [0.15, 0.2) is 0 Å². The normalized spacial score (nSPS) is 15.6. The first-order valence-electron chi connectivity index (χ1n) is 7.53. The van der Waals surface area contributed by atoms with Crippen LogP contribution in [0.2, 0.25) is 0 Å². The lowest BCUT2D eigenvalue weighted by Crippen LogP contribution is -2.47. The van der Waals surface area contributed by atoms with E-state index in [2.05, 4.69) is 15.6 Å². The molecule has 0 radical (unpaired) electrons. The lowest BCUT2D eigenvalue weighted by atomic mass is 10.0. The van der Waals surface area contributed by atoms with Gasteiger partial charge < -0.3 is 10.6 Å². The molecule has 0 bridgehead atoms. The van der Waals surface area contributed by atoms with Crippen molar-refractivity contribution >= 4 is 11.8 Å². The number of nitrogens with zero attached hydrogens (tertiary/aromatic N) is 1. The predicted octanol–water partition coefficient (Wildman–Crippen LogP) is 1.64. The molecule has 5 heteroatoms. The SMILES string of the molecule is CC(C)C[C@H](NC(=O)C1CC1)C(=O)NCc1cccnc1. The van der Waals surface area contributed by atoms with E-state index >= 15 is 0 Å². The molecule has 114 valence electrons. The summed E-state index contributed by atoms with van der Waals surface area (Å²) in [5.41, 5.74) is 0.947. The number of amides is 2. The maximum Gasteiger partial charge on any atom is 0.242 e. The number of rotatable bonds is 7. The van der Waals surface area contributed by atoms with Crippen LogP contribution in [-0.2, 0) is 16.1 Å². The number of carbonyl (C=O) groups excluding carboxylic acids is 2. The predicted molar refractivity (Wildman–Crippen MR) is 80.2 cm³/mol. The van der Waals surface area contributed by atoms with E-state index in [-0.39, 0.29) is 17.7 Å². The van der Waals surface area contributed by atoms with Gasteiger partial charge in [0.1, 0.15) is 6.04 Å². The quantitative estimate of drug-likeness (QED) is 0.801. The third kappa shape index (κ3) is 5.17. The van der Waals surface area contributed by atoms with Crippen LogP contribution in [0.25, 0.3) is 0 Å². The van der Waals surface area contributed by atoms with Crippen molar-refractivity contribution in [3.63, 3.8) is 0 Å². The first-order chi connectivity index (χ1) is 10.1. The van der Waals surface area contributed by atoms with Gasteiger partial charge in [-0.15, -0.1) is 0 Å². The molecular weight excluding hydrogens is 266 g/mol. The van der Waals surface area contributed by atoms with Gasteiger partial charge in [0.05, 0.1) is 0 Å². The van der Waals surface area contributed by atoms with Crippen molar-refractivity contribution in [3.05, 3.63) is 30.1 Å². The van der Waals surface area contributed by atoms with Crippen molar-refractivity contribution in [1.29, 1.82) is 0 Å². The molecule has 1 fully saturated rings. The van der Waals surface area contributed by atoms with E-state index in [4.69, 9.17) is 0 Å². The van der Waals surface area contributed by atoms with E-state index in [1.165, 1.54) is 0 Å². The van der Waals surface area contributed by atoms with Crippen molar-refractivity contribution in [2.24, 2.45) is 11.8 Å². The molecule has 2 rings (SSSR count). The minimum atomic E-state index is -0.449. The van der Waals surface area contributed by atoms with Crippen molar-refractivity contribution in [3.8, 4) is 0 Å². The third-order valence-corrected chi connectivity index (χ3v) is 3.48. The fourth-order valence-corrected chi connectivity index (χ4v) is 2.15. The molecule has 0 saturated heterocycles. The Kier molecular flexibility index (Phi) is 5.31. The molecule has 0 unspecified atom stereocenters. The molecule has 1 saturated carbocycles. The third-order valence-electron chi connectivity index (χ3n) is 3.48. The fraction of sp³-hybridized carbons (Fsp3) is 0.562. The molecular formula is C16H23N3O2. The molecule has 1 aliphatic carbocycles.